The third-order valence-corrected chi connectivity index (χ3v) is 3.48. The highest BCUT2D eigenvalue weighted by Gasteiger charge is 2.22. The van der Waals surface area contributed by atoms with Crippen LogP contribution in [0.1, 0.15) is 11.1 Å². The largest absolute Gasteiger partial charge is 0.376 e. The minimum atomic E-state index is -0.517. The maximum Gasteiger partial charge on any atom is 0.251 e. The molecule has 1 N–H and O–H groups in total. The summed E-state index contributed by atoms with van der Waals surface area (Å²) < 4.78 is 12.4. The molecular weight excluding hydrogens is 284 g/mol. The average Bonchev–Trinajstić information content (AvgIpc) is 3.07. The van der Waals surface area contributed by atoms with Crippen LogP contribution in [0.3, 0.4) is 0 Å². The van der Waals surface area contributed by atoms with Crippen LogP contribution in [0.15, 0.2) is 36.9 Å². The fourth-order valence-electron chi connectivity index (χ4n) is 2.31. The van der Waals surface area contributed by atoms with Gasteiger partial charge in [0.15, 0.2) is 6.10 Å². The standard InChI is InChI=1S/C15H18N4O3/c20-15(14-9-21-5-6-22-14)17-7-12-3-1-2-4-13(12)8-19-11-16-10-18-19/h1-4,10-11,14H,5-9H2,(H,17,20). The Hall–Kier alpha value is -2.25. The molecule has 1 saturated heterocycles. The zero-order valence-corrected chi connectivity index (χ0v) is 12.1. The van der Waals surface area contributed by atoms with E-state index in [0.717, 1.165) is 11.1 Å². The summed E-state index contributed by atoms with van der Waals surface area (Å²) in [5.74, 6) is -0.143. The predicted molar refractivity (Wildman–Crippen MR) is 78.0 cm³/mol. The van der Waals surface area contributed by atoms with Crippen LogP contribution in [0.4, 0.5) is 0 Å². The molecule has 1 unspecified atom stereocenters. The van der Waals surface area contributed by atoms with E-state index in [9.17, 15) is 4.79 Å². The van der Waals surface area contributed by atoms with Gasteiger partial charge in [0.2, 0.25) is 0 Å². The van der Waals surface area contributed by atoms with Gasteiger partial charge in [-0.25, -0.2) is 9.67 Å². The molecule has 1 aromatic carbocycles. The van der Waals surface area contributed by atoms with E-state index in [1.165, 1.54) is 6.33 Å². The summed E-state index contributed by atoms with van der Waals surface area (Å²) in [4.78, 5) is 16.0. The number of carbonyl (C=O) groups is 1. The molecule has 3 rings (SSSR count). The van der Waals surface area contributed by atoms with Crippen LogP contribution in [0, 0.1) is 0 Å². The first-order valence-electron chi connectivity index (χ1n) is 7.19. The number of hydrogen-bond donors (Lipinski definition) is 1. The zero-order valence-electron chi connectivity index (χ0n) is 12.1. The van der Waals surface area contributed by atoms with Crippen LogP contribution in [0.2, 0.25) is 0 Å². The number of aromatic nitrogens is 3. The fourth-order valence-corrected chi connectivity index (χ4v) is 2.31. The second-order valence-electron chi connectivity index (χ2n) is 5.01. The molecule has 0 spiro atoms. The second-order valence-corrected chi connectivity index (χ2v) is 5.01. The third kappa shape index (κ3) is 3.69. The van der Waals surface area contributed by atoms with Gasteiger partial charge in [0.1, 0.15) is 12.7 Å². The van der Waals surface area contributed by atoms with E-state index in [0.29, 0.717) is 32.9 Å². The molecule has 1 atom stereocenters. The van der Waals surface area contributed by atoms with Gasteiger partial charge in [-0.15, -0.1) is 0 Å². The van der Waals surface area contributed by atoms with E-state index in [-0.39, 0.29) is 5.91 Å². The molecular formula is C15H18N4O3. The second kappa shape index (κ2) is 7.15. The summed E-state index contributed by atoms with van der Waals surface area (Å²) in [7, 11) is 0. The van der Waals surface area contributed by atoms with Crippen LogP contribution < -0.4 is 5.32 Å². The summed E-state index contributed by atoms with van der Waals surface area (Å²) in [5.41, 5.74) is 2.14. The SMILES string of the molecule is O=C(NCc1ccccc1Cn1cncn1)C1COCCO1. The first kappa shape index (κ1) is 14.7. The van der Waals surface area contributed by atoms with Crippen LogP contribution in [0.5, 0.6) is 0 Å². The molecule has 0 radical (unpaired) electrons. The van der Waals surface area contributed by atoms with Gasteiger partial charge in [-0.05, 0) is 11.1 Å². The number of benzene rings is 1. The average molecular weight is 302 g/mol. The maximum atomic E-state index is 12.1. The smallest absolute Gasteiger partial charge is 0.251 e. The summed E-state index contributed by atoms with van der Waals surface area (Å²) in [6.45, 7) is 2.39. The fraction of sp³-hybridized carbons (Fsp3) is 0.400. The lowest BCUT2D eigenvalue weighted by atomic mass is 10.1. The molecule has 1 amide bonds. The number of rotatable bonds is 5. The summed E-state index contributed by atoms with van der Waals surface area (Å²) in [6.07, 6.45) is 2.66. The molecule has 1 aliphatic heterocycles. The Morgan fingerprint density at radius 1 is 1.32 bits per heavy atom. The third-order valence-electron chi connectivity index (χ3n) is 3.48. The lowest BCUT2D eigenvalue weighted by Crippen LogP contribution is -2.42. The molecule has 7 heteroatoms. The van der Waals surface area contributed by atoms with Crippen molar-refractivity contribution < 1.29 is 14.3 Å². The number of nitrogens with one attached hydrogen (secondary N) is 1. The van der Waals surface area contributed by atoms with Crippen molar-refractivity contribution in [2.45, 2.75) is 19.2 Å². The molecule has 0 aliphatic carbocycles. The van der Waals surface area contributed by atoms with Crippen molar-refractivity contribution in [2.24, 2.45) is 0 Å². The predicted octanol–water partition coefficient (Wildman–Crippen LogP) is 0.358. The van der Waals surface area contributed by atoms with E-state index in [1.54, 1.807) is 11.0 Å². The summed E-state index contributed by atoms with van der Waals surface area (Å²) >= 11 is 0. The van der Waals surface area contributed by atoms with E-state index in [2.05, 4.69) is 15.4 Å². The Balaban J connectivity index is 1.61. The molecule has 1 fully saturated rings. The van der Waals surface area contributed by atoms with Crippen LogP contribution in [-0.4, -0.2) is 46.6 Å². The lowest BCUT2D eigenvalue weighted by Gasteiger charge is -2.22. The lowest BCUT2D eigenvalue weighted by molar-refractivity contribution is -0.147. The summed E-state index contributed by atoms with van der Waals surface area (Å²) in [6, 6.07) is 7.93. The van der Waals surface area contributed by atoms with E-state index < -0.39 is 6.10 Å². The summed E-state index contributed by atoms with van der Waals surface area (Å²) in [5, 5.41) is 7.00. The molecule has 22 heavy (non-hydrogen) atoms. The number of carbonyl (C=O) groups excluding carboxylic acids is 1. The number of amides is 1. The normalized spacial score (nSPS) is 18.1. The van der Waals surface area contributed by atoms with E-state index in [1.807, 2.05) is 24.3 Å². The van der Waals surface area contributed by atoms with Crippen molar-refractivity contribution in [3.05, 3.63) is 48.0 Å². The Morgan fingerprint density at radius 3 is 2.91 bits per heavy atom. The Kier molecular flexibility index (Phi) is 4.77. The van der Waals surface area contributed by atoms with Crippen molar-refractivity contribution in [3.63, 3.8) is 0 Å². The highest BCUT2D eigenvalue weighted by Crippen LogP contribution is 2.10. The highest BCUT2D eigenvalue weighted by atomic mass is 16.6. The first-order valence-corrected chi connectivity index (χ1v) is 7.19. The van der Waals surface area contributed by atoms with E-state index in [4.69, 9.17) is 9.47 Å². The number of ether oxygens (including phenoxy) is 2. The van der Waals surface area contributed by atoms with Gasteiger partial charge in [0.05, 0.1) is 26.4 Å². The first-order chi connectivity index (χ1) is 10.8. The molecule has 1 aromatic heterocycles. The maximum absolute atomic E-state index is 12.1. The van der Waals surface area contributed by atoms with Gasteiger partial charge < -0.3 is 14.8 Å². The molecule has 2 aromatic rings. The quantitative estimate of drug-likeness (QED) is 0.862. The minimum Gasteiger partial charge on any atom is -0.376 e. The van der Waals surface area contributed by atoms with Gasteiger partial charge in [0, 0.05) is 6.54 Å². The van der Waals surface area contributed by atoms with Gasteiger partial charge in [0.25, 0.3) is 5.91 Å². The van der Waals surface area contributed by atoms with Crippen LogP contribution in [0.25, 0.3) is 0 Å². The Morgan fingerprint density at radius 2 is 2.18 bits per heavy atom. The molecule has 2 heterocycles. The van der Waals surface area contributed by atoms with Crippen molar-refractivity contribution in [1.82, 2.24) is 20.1 Å². The van der Waals surface area contributed by atoms with Gasteiger partial charge in [-0.2, -0.15) is 5.10 Å². The number of hydrogen-bond acceptors (Lipinski definition) is 5. The van der Waals surface area contributed by atoms with Gasteiger partial charge in [-0.1, -0.05) is 24.3 Å². The Labute approximate surface area is 128 Å². The zero-order chi connectivity index (χ0) is 15.2. The number of nitrogens with zero attached hydrogens (tertiary/aromatic N) is 3. The van der Waals surface area contributed by atoms with Crippen molar-refractivity contribution in [2.75, 3.05) is 19.8 Å². The van der Waals surface area contributed by atoms with Crippen LogP contribution >= 0.6 is 0 Å². The van der Waals surface area contributed by atoms with Gasteiger partial charge in [-0.3, -0.25) is 4.79 Å². The molecule has 0 bridgehead atoms. The molecule has 116 valence electrons. The van der Waals surface area contributed by atoms with Crippen molar-refractivity contribution in [1.29, 1.82) is 0 Å². The van der Waals surface area contributed by atoms with Gasteiger partial charge >= 0.3 is 0 Å². The molecule has 7 nitrogen and oxygen atoms in total. The minimum absolute atomic E-state index is 0.143. The van der Waals surface area contributed by atoms with E-state index >= 15 is 0 Å². The van der Waals surface area contributed by atoms with Crippen molar-refractivity contribution >= 4 is 5.91 Å². The van der Waals surface area contributed by atoms with Crippen molar-refractivity contribution in [3.8, 4) is 0 Å². The molecule has 0 saturated carbocycles. The topological polar surface area (TPSA) is 78.3 Å². The monoisotopic (exact) mass is 302 g/mol. The van der Waals surface area contributed by atoms with Crippen LogP contribution in [-0.2, 0) is 27.4 Å². The Bertz CT molecular complexity index is 609. The highest BCUT2D eigenvalue weighted by molar-refractivity contribution is 5.81. The molecule has 1 aliphatic rings.